The van der Waals surface area contributed by atoms with Gasteiger partial charge in [-0.05, 0) is 17.7 Å². The van der Waals surface area contributed by atoms with E-state index in [2.05, 4.69) is 5.32 Å². The summed E-state index contributed by atoms with van der Waals surface area (Å²) in [6.45, 7) is 2.35. The van der Waals surface area contributed by atoms with Crippen LogP contribution >= 0.6 is 11.6 Å². The zero-order chi connectivity index (χ0) is 11.5. The van der Waals surface area contributed by atoms with Crippen molar-refractivity contribution in [1.29, 1.82) is 0 Å². The molecule has 88 valence electrons. The number of hydrogen-bond acceptors (Lipinski definition) is 3. The molecule has 1 aliphatic heterocycles. The molecule has 1 aromatic carbocycles. The molecule has 5 heteroatoms. The molecule has 3 N–H and O–H groups in total. The summed E-state index contributed by atoms with van der Waals surface area (Å²) < 4.78 is 18.6. The average molecular weight is 245 g/mol. The number of nitrogen functional groups attached to an aromatic ring is 1. The summed E-state index contributed by atoms with van der Waals surface area (Å²) in [6, 6.07) is 2.83. The van der Waals surface area contributed by atoms with Crippen LogP contribution in [-0.4, -0.2) is 25.8 Å². The second kappa shape index (κ2) is 4.99. The van der Waals surface area contributed by atoms with E-state index in [0.29, 0.717) is 18.1 Å². The van der Waals surface area contributed by atoms with Gasteiger partial charge in [0.15, 0.2) is 0 Å². The highest BCUT2D eigenvalue weighted by atomic mass is 35.5. The minimum atomic E-state index is -0.476. The van der Waals surface area contributed by atoms with Crippen molar-refractivity contribution in [3.63, 3.8) is 0 Å². The van der Waals surface area contributed by atoms with E-state index in [-0.39, 0.29) is 11.8 Å². The molecule has 0 saturated carbocycles. The average Bonchev–Trinajstić information content (AvgIpc) is 2.27. The zero-order valence-corrected chi connectivity index (χ0v) is 9.56. The van der Waals surface area contributed by atoms with E-state index in [1.54, 1.807) is 6.07 Å². The lowest BCUT2D eigenvalue weighted by atomic mass is 10.1. The largest absolute Gasteiger partial charge is 0.396 e. The van der Waals surface area contributed by atoms with E-state index in [9.17, 15) is 4.39 Å². The second-order valence-corrected chi connectivity index (χ2v) is 4.27. The number of ether oxygens (including phenoxy) is 1. The van der Waals surface area contributed by atoms with Crippen LogP contribution in [0, 0.1) is 5.82 Å². The van der Waals surface area contributed by atoms with Gasteiger partial charge in [-0.25, -0.2) is 4.39 Å². The molecule has 1 aromatic rings. The van der Waals surface area contributed by atoms with E-state index in [0.717, 1.165) is 18.7 Å². The molecule has 16 heavy (non-hydrogen) atoms. The van der Waals surface area contributed by atoms with Crippen molar-refractivity contribution < 1.29 is 9.13 Å². The number of nitrogens with one attached hydrogen (secondary N) is 1. The minimum Gasteiger partial charge on any atom is -0.396 e. The standard InChI is InChI=1S/C11H14ClFN2O/c12-9-5-10(13)11(14)4-7(9)3-8-6-15-1-2-16-8/h4-5,8,15H,1-3,6,14H2. The Kier molecular flexibility index (Phi) is 3.63. The number of hydrogen-bond donors (Lipinski definition) is 2. The molecule has 0 aromatic heterocycles. The van der Waals surface area contributed by atoms with E-state index in [1.165, 1.54) is 6.07 Å². The van der Waals surface area contributed by atoms with Crippen LogP contribution in [0.3, 0.4) is 0 Å². The van der Waals surface area contributed by atoms with Gasteiger partial charge in [-0.15, -0.1) is 0 Å². The number of halogens is 2. The van der Waals surface area contributed by atoms with Gasteiger partial charge in [-0.2, -0.15) is 0 Å². The van der Waals surface area contributed by atoms with Crippen LogP contribution < -0.4 is 11.1 Å². The molecule has 0 spiro atoms. The second-order valence-electron chi connectivity index (χ2n) is 3.87. The van der Waals surface area contributed by atoms with Crippen LogP contribution in [0.2, 0.25) is 5.02 Å². The molecule has 1 unspecified atom stereocenters. The normalized spacial score (nSPS) is 21.0. The summed E-state index contributed by atoms with van der Waals surface area (Å²) in [5.74, 6) is -0.476. The van der Waals surface area contributed by atoms with Crippen molar-refractivity contribution in [2.75, 3.05) is 25.4 Å². The first-order valence-corrected chi connectivity index (χ1v) is 5.60. The maximum atomic E-state index is 13.1. The Hall–Kier alpha value is -0.840. The molecule has 1 fully saturated rings. The van der Waals surface area contributed by atoms with E-state index in [1.807, 2.05) is 0 Å². The van der Waals surface area contributed by atoms with Gasteiger partial charge in [0.2, 0.25) is 0 Å². The van der Waals surface area contributed by atoms with Crippen LogP contribution in [0.5, 0.6) is 0 Å². The maximum absolute atomic E-state index is 13.1. The summed E-state index contributed by atoms with van der Waals surface area (Å²) in [5, 5.41) is 3.63. The fourth-order valence-electron chi connectivity index (χ4n) is 1.77. The van der Waals surface area contributed by atoms with Crippen LogP contribution in [0.25, 0.3) is 0 Å². The first kappa shape index (κ1) is 11.6. The van der Waals surface area contributed by atoms with Crippen molar-refractivity contribution in [3.05, 3.63) is 28.5 Å². The Morgan fingerprint density at radius 3 is 3.06 bits per heavy atom. The first-order valence-electron chi connectivity index (χ1n) is 5.22. The lowest BCUT2D eigenvalue weighted by molar-refractivity contribution is 0.0292. The smallest absolute Gasteiger partial charge is 0.147 e. The topological polar surface area (TPSA) is 47.3 Å². The Balaban J connectivity index is 2.11. The molecule has 0 amide bonds. The van der Waals surface area contributed by atoms with Gasteiger partial charge < -0.3 is 15.8 Å². The lowest BCUT2D eigenvalue weighted by Gasteiger charge is -2.24. The van der Waals surface area contributed by atoms with Crippen molar-refractivity contribution >= 4 is 17.3 Å². The third-order valence-corrected chi connectivity index (χ3v) is 2.97. The number of rotatable bonds is 2. The number of benzene rings is 1. The Morgan fingerprint density at radius 1 is 1.56 bits per heavy atom. The molecular weight excluding hydrogens is 231 g/mol. The summed E-state index contributed by atoms with van der Waals surface area (Å²) >= 11 is 5.95. The Labute approximate surface area is 98.7 Å². The third-order valence-electron chi connectivity index (χ3n) is 2.62. The monoisotopic (exact) mass is 244 g/mol. The van der Waals surface area contributed by atoms with Gasteiger partial charge in [0, 0.05) is 24.5 Å². The lowest BCUT2D eigenvalue weighted by Crippen LogP contribution is -2.39. The number of nitrogens with two attached hydrogens (primary N) is 1. The van der Waals surface area contributed by atoms with Crippen LogP contribution in [-0.2, 0) is 11.2 Å². The Bertz CT molecular complexity index is 380. The van der Waals surface area contributed by atoms with Gasteiger partial charge in [-0.3, -0.25) is 0 Å². The fraction of sp³-hybridized carbons (Fsp3) is 0.455. The maximum Gasteiger partial charge on any atom is 0.147 e. The van der Waals surface area contributed by atoms with E-state index >= 15 is 0 Å². The molecule has 0 radical (unpaired) electrons. The number of morpholine rings is 1. The number of anilines is 1. The van der Waals surface area contributed by atoms with E-state index in [4.69, 9.17) is 22.1 Å². The SMILES string of the molecule is Nc1cc(CC2CNCCO2)c(Cl)cc1F. The summed E-state index contributed by atoms with van der Waals surface area (Å²) in [7, 11) is 0. The Morgan fingerprint density at radius 2 is 2.38 bits per heavy atom. The molecule has 1 saturated heterocycles. The minimum absolute atomic E-state index is 0.0797. The summed E-state index contributed by atoms with van der Waals surface area (Å²) in [6.07, 6.45) is 0.729. The molecule has 3 nitrogen and oxygen atoms in total. The predicted octanol–water partition coefficient (Wildman–Crippen LogP) is 1.59. The van der Waals surface area contributed by atoms with Gasteiger partial charge in [0.25, 0.3) is 0 Å². The highest BCUT2D eigenvalue weighted by Gasteiger charge is 2.16. The van der Waals surface area contributed by atoms with Crippen molar-refractivity contribution in [1.82, 2.24) is 5.32 Å². The molecule has 2 rings (SSSR count). The first-order chi connectivity index (χ1) is 7.66. The highest BCUT2D eigenvalue weighted by Crippen LogP contribution is 2.24. The fourth-order valence-corrected chi connectivity index (χ4v) is 1.99. The van der Waals surface area contributed by atoms with Gasteiger partial charge >= 0.3 is 0 Å². The summed E-state index contributed by atoms with van der Waals surface area (Å²) in [5.41, 5.74) is 6.46. The molecule has 0 aliphatic carbocycles. The predicted molar refractivity (Wildman–Crippen MR) is 62.1 cm³/mol. The van der Waals surface area contributed by atoms with Crippen LogP contribution in [0.4, 0.5) is 10.1 Å². The molecular formula is C11H14ClFN2O. The van der Waals surface area contributed by atoms with Gasteiger partial charge in [-0.1, -0.05) is 11.6 Å². The van der Waals surface area contributed by atoms with Crippen molar-refractivity contribution in [2.24, 2.45) is 0 Å². The summed E-state index contributed by atoms with van der Waals surface area (Å²) in [4.78, 5) is 0. The van der Waals surface area contributed by atoms with Crippen LogP contribution in [0.15, 0.2) is 12.1 Å². The zero-order valence-electron chi connectivity index (χ0n) is 8.80. The van der Waals surface area contributed by atoms with Gasteiger partial charge in [0.1, 0.15) is 5.82 Å². The van der Waals surface area contributed by atoms with Gasteiger partial charge in [0.05, 0.1) is 18.4 Å². The van der Waals surface area contributed by atoms with Crippen molar-refractivity contribution in [2.45, 2.75) is 12.5 Å². The molecule has 1 heterocycles. The molecule has 0 bridgehead atoms. The quantitative estimate of drug-likeness (QED) is 0.777. The highest BCUT2D eigenvalue weighted by molar-refractivity contribution is 6.31. The van der Waals surface area contributed by atoms with Crippen LogP contribution in [0.1, 0.15) is 5.56 Å². The van der Waals surface area contributed by atoms with E-state index < -0.39 is 5.82 Å². The molecule has 1 aliphatic rings. The van der Waals surface area contributed by atoms with Crippen molar-refractivity contribution in [3.8, 4) is 0 Å². The molecule has 1 atom stereocenters. The third kappa shape index (κ3) is 2.64.